The van der Waals surface area contributed by atoms with E-state index in [1.165, 1.54) is 0 Å². The van der Waals surface area contributed by atoms with Gasteiger partial charge in [0, 0.05) is 7.11 Å². The molecule has 4 N–H and O–H groups in total. The van der Waals surface area contributed by atoms with Crippen molar-refractivity contribution in [3.63, 3.8) is 0 Å². The molecule has 0 saturated heterocycles. The molecule has 0 aromatic heterocycles. The van der Waals surface area contributed by atoms with E-state index in [1.807, 2.05) is 30.3 Å². The lowest BCUT2D eigenvalue weighted by atomic mass is 10.1. The molecule has 0 aliphatic rings. The average molecular weight is 326 g/mol. The number of rotatable bonds is 2. The van der Waals surface area contributed by atoms with E-state index in [4.69, 9.17) is 20.4 Å². The molecule has 3 rings (SSSR count). The molecule has 126 valence electrons. The van der Waals surface area contributed by atoms with Crippen molar-refractivity contribution >= 4 is 0 Å². The van der Waals surface area contributed by atoms with Gasteiger partial charge in [-0.05, 0) is 53.9 Å². The molecular formula is C20H22O4. The number of para-hydroxylation sites is 1. The maximum absolute atomic E-state index is 9.13. The molecule has 0 saturated carbocycles. The smallest absolute Gasteiger partial charge is 0.115 e. The van der Waals surface area contributed by atoms with Crippen LogP contribution in [0.3, 0.4) is 0 Å². The fourth-order valence-electron chi connectivity index (χ4n) is 1.89. The van der Waals surface area contributed by atoms with E-state index in [1.54, 1.807) is 48.5 Å². The monoisotopic (exact) mass is 326 g/mol. The first-order valence-electron chi connectivity index (χ1n) is 7.38. The largest absolute Gasteiger partial charge is 0.508 e. The second-order valence-corrected chi connectivity index (χ2v) is 4.85. The van der Waals surface area contributed by atoms with Gasteiger partial charge in [-0.25, -0.2) is 0 Å². The van der Waals surface area contributed by atoms with Crippen LogP contribution in [0.2, 0.25) is 0 Å². The molecule has 3 aromatic carbocycles. The molecule has 0 amide bonds. The second-order valence-electron chi connectivity index (χ2n) is 4.85. The fraction of sp³-hybridized carbons (Fsp3) is 0.100. The molecule has 0 aliphatic carbocycles. The third-order valence-electron chi connectivity index (χ3n) is 3.04. The Morgan fingerprint density at radius 2 is 0.833 bits per heavy atom. The summed E-state index contributed by atoms with van der Waals surface area (Å²) in [6, 6.07) is 23.0. The highest BCUT2D eigenvalue weighted by Gasteiger charge is 1.96. The van der Waals surface area contributed by atoms with Gasteiger partial charge in [0.15, 0.2) is 0 Å². The van der Waals surface area contributed by atoms with Crippen molar-refractivity contribution < 1.29 is 20.4 Å². The van der Waals surface area contributed by atoms with E-state index >= 15 is 0 Å². The van der Waals surface area contributed by atoms with Crippen LogP contribution in [-0.4, -0.2) is 27.5 Å². The Kier molecular flexibility index (Phi) is 8.50. The minimum absolute atomic E-state index is 0.282. The van der Waals surface area contributed by atoms with Crippen LogP contribution in [0, 0.1) is 0 Å². The summed E-state index contributed by atoms with van der Waals surface area (Å²) in [5.74, 6) is 0.886. The van der Waals surface area contributed by atoms with Crippen LogP contribution in [0.1, 0.15) is 11.1 Å². The van der Waals surface area contributed by atoms with Gasteiger partial charge in [0.1, 0.15) is 17.2 Å². The van der Waals surface area contributed by atoms with E-state index < -0.39 is 0 Å². The predicted molar refractivity (Wildman–Crippen MR) is 95.3 cm³/mol. The molecule has 0 aliphatic heterocycles. The lowest BCUT2D eigenvalue weighted by Gasteiger charge is -2.02. The molecule has 0 spiro atoms. The summed E-state index contributed by atoms with van der Waals surface area (Å²) in [4.78, 5) is 0. The van der Waals surface area contributed by atoms with Gasteiger partial charge < -0.3 is 20.4 Å². The molecule has 3 aromatic rings. The van der Waals surface area contributed by atoms with Gasteiger partial charge >= 0.3 is 0 Å². The molecule has 0 atom stereocenters. The third-order valence-corrected chi connectivity index (χ3v) is 3.04. The number of hydrogen-bond acceptors (Lipinski definition) is 4. The molecule has 0 heterocycles. The fourth-order valence-corrected chi connectivity index (χ4v) is 1.89. The highest BCUT2D eigenvalue weighted by molar-refractivity contribution is 5.33. The quantitative estimate of drug-likeness (QED) is 0.579. The third kappa shape index (κ3) is 7.33. The van der Waals surface area contributed by atoms with Crippen LogP contribution in [0.4, 0.5) is 0 Å². The van der Waals surface area contributed by atoms with Crippen molar-refractivity contribution in [2.24, 2.45) is 0 Å². The number of phenolic OH excluding ortho intramolecular Hbond substituents is 3. The zero-order valence-corrected chi connectivity index (χ0v) is 13.5. The van der Waals surface area contributed by atoms with E-state index in [0.29, 0.717) is 5.75 Å². The molecule has 0 bridgehead atoms. The average Bonchev–Trinajstić information content (AvgIpc) is 2.62. The van der Waals surface area contributed by atoms with Gasteiger partial charge in [0.05, 0.1) is 0 Å². The topological polar surface area (TPSA) is 80.9 Å². The number of phenols is 3. The van der Waals surface area contributed by atoms with E-state index in [9.17, 15) is 0 Å². The summed E-state index contributed by atoms with van der Waals surface area (Å²) < 4.78 is 0. The minimum atomic E-state index is 0.282. The van der Waals surface area contributed by atoms with Crippen molar-refractivity contribution in [2.45, 2.75) is 6.42 Å². The highest BCUT2D eigenvalue weighted by Crippen LogP contribution is 2.16. The number of aliphatic hydroxyl groups is 1. The van der Waals surface area contributed by atoms with Crippen LogP contribution in [0.5, 0.6) is 17.2 Å². The Bertz CT molecular complexity index is 634. The molecule has 0 fully saturated rings. The summed E-state index contributed by atoms with van der Waals surface area (Å²) >= 11 is 0. The zero-order valence-electron chi connectivity index (χ0n) is 13.5. The Morgan fingerprint density at radius 3 is 1.12 bits per heavy atom. The van der Waals surface area contributed by atoms with E-state index in [-0.39, 0.29) is 11.5 Å². The summed E-state index contributed by atoms with van der Waals surface area (Å²) in [5, 5.41) is 33.9. The van der Waals surface area contributed by atoms with E-state index in [2.05, 4.69) is 0 Å². The normalized spacial score (nSPS) is 9.08. The Morgan fingerprint density at radius 1 is 0.500 bits per heavy atom. The first-order valence-corrected chi connectivity index (χ1v) is 7.38. The van der Waals surface area contributed by atoms with Crippen molar-refractivity contribution in [1.82, 2.24) is 0 Å². The summed E-state index contributed by atoms with van der Waals surface area (Å²) in [6.07, 6.45) is 0.806. The standard InChI is InChI=1S/C13H12O2.C6H6O.CH4O/c14-12-5-1-10(2-6-12)9-11-3-7-13(15)8-4-11;7-6-4-2-1-3-5-6;1-2/h1-8,14-15H,9H2;1-5,7H;2H,1H3. The minimum Gasteiger partial charge on any atom is -0.508 e. The SMILES string of the molecule is CO.Oc1ccc(Cc2ccc(O)cc2)cc1.Oc1ccccc1. The van der Waals surface area contributed by atoms with Gasteiger partial charge in [-0.1, -0.05) is 42.5 Å². The summed E-state index contributed by atoms with van der Waals surface area (Å²) in [5.41, 5.74) is 2.27. The van der Waals surface area contributed by atoms with Crippen LogP contribution in [0.25, 0.3) is 0 Å². The van der Waals surface area contributed by atoms with Crippen LogP contribution in [-0.2, 0) is 6.42 Å². The maximum Gasteiger partial charge on any atom is 0.115 e. The first-order chi connectivity index (χ1) is 11.6. The maximum atomic E-state index is 9.13. The predicted octanol–water partition coefficient (Wildman–Crippen LogP) is 3.69. The lowest BCUT2D eigenvalue weighted by molar-refractivity contribution is 0.399. The number of benzene rings is 3. The van der Waals surface area contributed by atoms with E-state index in [0.717, 1.165) is 24.7 Å². The molecule has 24 heavy (non-hydrogen) atoms. The summed E-state index contributed by atoms with van der Waals surface area (Å²) in [7, 11) is 1.00. The van der Waals surface area contributed by atoms with Gasteiger partial charge in [-0.3, -0.25) is 0 Å². The van der Waals surface area contributed by atoms with Crippen LogP contribution >= 0.6 is 0 Å². The highest BCUT2D eigenvalue weighted by atomic mass is 16.3. The number of aliphatic hydroxyl groups excluding tert-OH is 1. The molecule has 0 unspecified atom stereocenters. The molecule has 4 nitrogen and oxygen atoms in total. The lowest BCUT2D eigenvalue weighted by Crippen LogP contribution is -1.86. The summed E-state index contributed by atoms with van der Waals surface area (Å²) in [6.45, 7) is 0. The van der Waals surface area contributed by atoms with Crippen molar-refractivity contribution in [3.05, 3.63) is 90.0 Å². The van der Waals surface area contributed by atoms with Gasteiger partial charge in [-0.2, -0.15) is 0 Å². The van der Waals surface area contributed by atoms with Gasteiger partial charge in [0.25, 0.3) is 0 Å². The number of hydrogen-bond donors (Lipinski definition) is 4. The van der Waals surface area contributed by atoms with Gasteiger partial charge in [-0.15, -0.1) is 0 Å². The van der Waals surface area contributed by atoms with Gasteiger partial charge in [0.2, 0.25) is 0 Å². The molecule has 4 heteroatoms. The Labute approximate surface area is 141 Å². The van der Waals surface area contributed by atoms with Crippen LogP contribution < -0.4 is 0 Å². The first kappa shape index (κ1) is 19.1. The van der Waals surface area contributed by atoms with Crippen molar-refractivity contribution in [1.29, 1.82) is 0 Å². The van der Waals surface area contributed by atoms with Crippen molar-refractivity contribution in [3.8, 4) is 17.2 Å². The Balaban J connectivity index is 0.000000268. The zero-order chi connectivity index (χ0) is 17.8. The number of aromatic hydroxyl groups is 3. The molecular weight excluding hydrogens is 304 g/mol. The molecule has 0 radical (unpaired) electrons. The van der Waals surface area contributed by atoms with Crippen molar-refractivity contribution in [2.75, 3.05) is 7.11 Å². The van der Waals surface area contributed by atoms with Crippen LogP contribution in [0.15, 0.2) is 78.9 Å². The Hall–Kier alpha value is -2.98. The second kappa shape index (κ2) is 10.7.